The summed E-state index contributed by atoms with van der Waals surface area (Å²) in [5, 5.41) is 2.58. The summed E-state index contributed by atoms with van der Waals surface area (Å²) in [7, 11) is 0. The molecule has 0 aliphatic heterocycles. The summed E-state index contributed by atoms with van der Waals surface area (Å²) in [5.74, 6) is 0.793. The third kappa shape index (κ3) is 5.36. The van der Waals surface area contributed by atoms with Crippen molar-refractivity contribution in [3.8, 4) is 11.5 Å². The van der Waals surface area contributed by atoms with Crippen LogP contribution in [0, 0.1) is 0 Å². The van der Waals surface area contributed by atoms with Crippen LogP contribution in [0.5, 0.6) is 0 Å². The first kappa shape index (κ1) is 19.0. The lowest BCUT2D eigenvalue weighted by Crippen LogP contribution is -2.22. The molecule has 0 radical (unpaired) electrons. The van der Waals surface area contributed by atoms with Gasteiger partial charge in [-0.05, 0) is 30.3 Å². The Labute approximate surface area is 156 Å². The Hall–Kier alpha value is -2.75. The second-order valence-electron chi connectivity index (χ2n) is 5.35. The SMILES string of the molecule is O=C(CCSc1nc(-c2ccco2)cc(C(F)(F)F)n1)NCc1ccco1. The van der Waals surface area contributed by atoms with Gasteiger partial charge in [-0.25, -0.2) is 9.97 Å². The van der Waals surface area contributed by atoms with Crippen molar-refractivity contribution in [1.29, 1.82) is 0 Å². The van der Waals surface area contributed by atoms with E-state index in [9.17, 15) is 18.0 Å². The molecule has 1 amide bonds. The van der Waals surface area contributed by atoms with Gasteiger partial charge in [-0.2, -0.15) is 13.2 Å². The standard InChI is InChI=1S/C17H14F3N3O3S/c18-17(19,20)14-9-12(13-4-2-7-26-13)22-16(23-14)27-8-5-15(24)21-10-11-3-1-6-25-11/h1-4,6-7,9H,5,8,10H2,(H,21,24). The predicted molar refractivity (Wildman–Crippen MR) is 90.6 cm³/mol. The highest BCUT2D eigenvalue weighted by Crippen LogP contribution is 2.32. The first-order valence-corrected chi connectivity index (χ1v) is 8.82. The molecule has 0 atom stereocenters. The van der Waals surface area contributed by atoms with Crippen molar-refractivity contribution in [3.63, 3.8) is 0 Å². The van der Waals surface area contributed by atoms with Gasteiger partial charge in [0, 0.05) is 12.2 Å². The number of alkyl halides is 3. The smallest absolute Gasteiger partial charge is 0.433 e. The molecule has 3 aromatic heterocycles. The average molecular weight is 397 g/mol. The molecule has 0 saturated carbocycles. The van der Waals surface area contributed by atoms with Crippen molar-refractivity contribution < 1.29 is 26.8 Å². The van der Waals surface area contributed by atoms with Crippen molar-refractivity contribution in [1.82, 2.24) is 15.3 Å². The lowest BCUT2D eigenvalue weighted by atomic mass is 10.2. The Morgan fingerprint density at radius 3 is 2.59 bits per heavy atom. The molecule has 3 rings (SSSR count). The molecule has 0 fully saturated rings. The molecule has 27 heavy (non-hydrogen) atoms. The van der Waals surface area contributed by atoms with Gasteiger partial charge >= 0.3 is 6.18 Å². The van der Waals surface area contributed by atoms with Gasteiger partial charge in [0.05, 0.1) is 19.1 Å². The average Bonchev–Trinajstić information content (AvgIpc) is 3.33. The maximum absolute atomic E-state index is 13.1. The minimum Gasteiger partial charge on any atom is -0.467 e. The molecule has 3 heterocycles. The van der Waals surface area contributed by atoms with Crippen molar-refractivity contribution in [2.45, 2.75) is 24.3 Å². The van der Waals surface area contributed by atoms with E-state index in [0.29, 0.717) is 5.76 Å². The van der Waals surface area contributed by atoms with Gasteiger partial charge < -0.3 is 14.2 Å². The van der Waals surface area contributed by atoms with Crippen molar-refractivity contribution in [2.24, 2.45) is 0 Å². The molecular weight excluding hydrogens is 383 g/mol. The van der Waals surface area contributed by atoms with E-state index in [-0.39, 0.29) is 41.2 Å². The van der Waals surface area contributed by atoms with Gasteiger partial charge in [0.1, 0.15) is 17.1 Å². The van der Waals surface area contributed by atoms with Gasteiger partial charge in [-0.15, -0.1) is 0 Å². The lowest BCUT2D eigenvalue weighted by molar-refractivity contribution is -0.141. The van der Waals surface area contributed by atoms with Gasteiger partial charge in [-0.1, -0.05) is 11.8 Å². The normalized spacial score (nSPS) is 11.5. The highest BCUT2D eigenvalue weighted by Gasteiger charge is 2.34. The first-order valence-electron chi connectivity index (χ1n) is 7.84. The van der Waals surface area contributed by atoms with Crippen LogP contribution in [0.3, 0.4) is 0 Å². The van der Waals surface area contributed by atoms with Gasteiger partial charge in [-0.3, -0.25) is 4.79 Å². The Kier molecular flexibility index (Phi) is 5.84. The van der Waals surface area contributed by atoms with E-state index in [4.69, 9.17) is 8.83 Å². The minimum atomic E-state index is -4.61. The number of nitrogens with zero attached hydrogens (tertiary/aromatic N) is 2. The van der Waals surface area contributed by atoms with Crippen molar-refractivity contribution >= 4 is 17.7 Å². The molecule has 0 bridgehead atoms. The Morgan fingerprint density at radius 1 is 1.15 bits per heavy atom. The monoisotopic (exact) mass is 397 g/mol. The number of hydrogen-bond donors (Lipinski definition) is 1. The molecule has 3 aromatic rings. The number of furan rings is 2. The van der Waals surface area contributed by atoms with Gasteiger partial charge in [0.2, 0.25) is 5.91 Å². The van der Waals surface area contributed by atoms with Crippen LogP contribution in [-0.4, -0.2) is 21.6 Å². The molecule has 0 aromatic carbocycles. The van der Waals surface area contributed by atoms with E-state index in [2.05, 4.69) is 15.3 Å². The molecule has 0 saturated heterocycles. The third-order valence-electron chi connectivity index (χ3n) is 3.37. The molecule has 142 valence electrons. The van der Waals surface area contributed by atoms with Crippen molar-refractivity contribution in [3.05, 3.63) is 54.3 Å². The number of rotatable bonds is 7. The van der Waals surface area contributed by atoms with Crippen molar-refractivity contribution in [2.75, 3.05) is 5.75 Å². The van der Waals surface area contributed by atoms with E-state index in [1.165, 1.54) is 18.6 Å². The van der Waals surface area contributed by atoms with Crippen LogP contribution in [0.1, 0.15) is 17.9 Å². The predicted octanol–water partition coefficient (Wildman–Crippen LogP) is 4.15. The zero-order valence-electron chi connectivity index (χ0n) is 13.8. The highest BCUT2D eigenvalue weighted by atomic mass is 32.2. The molecule has 0 aliphatic rings. The quantitative estimate of drug-likeness (QED) is 0.477. The number of aromatic nitrogens is 2. The number of amides is 1. The number of nitrogens with one attached hydrogen (secondary N) is 1. The lowest BCUT2D eigenvalue weighted by Gasteiger charge is -2.09. The molecule has 0 spiro atoms. The molecule has 10 heteroatoms. The number of thioether (sulfide) groups is 1. The summed E-state index contributed by atoms with van der Waals surface area (Å²) in [5.41, 5.74) is -1.03. The van der Waals surface area contributed by atoms with E-state index >= 15 is 0 Å². The van der Waals surface area contributed by atoms with Crippen LogP contribution in [0.2, 0.25) is 0 Å². The number of halogens is 3. The Balaban J connectivity index is 1.62. The van der Waals surface area contributed by atoms with Crippen LogP contribution in [-0.2, 0) is 17.5 Å². The molecular formula is C17H14F3N3O3S. The summed E-state index contributed by atoms with van der Waals surface area (Å²) in [6, 6.07) is 7.33. The van der Waals surface area contributed by atoms with Crippen LogP contribution >= 0.6 is 11.8 Å². The minimum absolute atomic E-state index is 0.0343. The van der Waals surface area contributed by atoms with Crippen LogP contribution in [0.25, 0.3) is 11.5 Å². The van der Waals surface area contributed by atoms with Gasteiger partial charge in [0.25, 0.3) is 0 Å². The molecule has 0 unspecified atom stereocenters. The van der Waals surface area contributed by atoms with Crippen LogP contribution in [0.15, 0.2) is 56.8 Å². The van der Waals surface area contributed by atoms with Crippen LogP contribution in [0.4, 0.5) is 13.2 Å². The zero-order valence-corrected chi connectivity index (χ0v) is 14.6. The number of carbonyl (C=O) groups excluding carboxylic acids is 1. The van der Waals surface area contributed by atoms with E-state index in [1.807, 2.05) is 0 Å². The number of hydrogen-bond acceptors (Lipinski definition) is 6. The second kappa shape index (κ2) is 8.30. The van der Waals surface area contributed by atoms with Crippen LogP contribution < -0.4 is 5.32 Å². The second-order valence-corrected chi connectivity index (χ2v) is 6.41. The summed E-state index contributed by atoms with van der Waals surface area (Å²) >= 11 is 0.966. The largest absolute Gasteiger partial charge is 0.467 e. The van der Waals surface area contributed by atoms with E-state index < -0.39 is 11.9 Å². The summed E-state index contributed by atoms with van der Waals surface area (Å²) in [6.07, 6.45) is -1.67. The fraction of sp³-hybridized carbons (Fsp3) is 0.235. The maximum Gasteiger partial charge on any atom is 0.433 e. The topological polar surface area (TPSA) is 81.2 Å². The third-order valence-corrected chi connectivity index (χ3v) is 4.22. The fourth-order valence-corrected chi connectivity index (χ4v) is 2.90. The molecule has 6 nitrogen and oxygen atoms in total. The zero-order chi connectivity index (χ0) is 19.3. The summed E-state index contributed by atoms with van der Waals surface area (Å²) < 4.78 is 49.4. The highest BCUT2D eigenvalue weighted by molar-refractivity contribution is 7.99. The van der Waals surface area contributed by atoms with E-state index in [1.54, 1.807) is 18.2 Å². The van der Waals surface area contributed by atoms with E-state index in [0.717, 1.165) is 17.8 Å². The fourth-order valence-electron chi connectivity index (χ4n) is 2.11. The number of carbonyl (C=O) groups is 1. The Bertz CT molecular complexity index is 881. The first-order chi connectivity index (χ1) is 12.9. The van der Waals surface area contributed by atoms with Gasteiger partial charge in [0.15, 0.2) is 10.9 Å². The molecule has 1 N–H and O–H groups in total. The maximum atomic E-state index is 13.1. The Morgan fingerprint density at radius 2 is 1.93 bits per heavy atom. The summed E-state index contributed by atoms with van der Waals surface area (Å²) in [6.45, 7) is 0.249. The summed E-state index contributed by atoms with van der Waals surface area (Å²) in [4.78, 5) is 19.4. The molecule has 0 aliphatic carbocycles.